The molecule has 1 aromatic carbocycles. The van der Waals surface area contributed by atoms with Gasteiger partial charge in [0.05, 0.1) is 12.6 Å². The molecule has 3 aromatic rings. The highest BCUT2D eigenvalue weighted by Gasteiger charge is 2.26. The Morgan fingerprint density at radius 1 is 1.04 bits per heavy atom. The zero-order chi connectivity index (χ0) is 19.5. The Morgan fingerprint density at radius 2 is 1.79 bits per heavy atom. The minimum atomic E-state index is -0.371. The minimum absolute atomic E-state index is 0.119. The molecule has 3 heterocycles. The topological polar surface area (TPSA) is 75.9 Å². The maximum atomic E-state index is 13.0. The van der Waals surface area contributed by atoms with Crippen molar-refractivity contribution in [3.63, 3.8) is 0 Å². The van der Waals surface area contributed by atoms with Gasteiger partial charge in [0, 0.05) is 25.0 Å². The normalized spacial score (nSPS) is 14.1. The van der Waals surface area contributed by atoms with Crippen LogP contribution in [0.1, 0.15) is 40.4 Å². The highest BCUT2D eigenvalue weighted by molar-refractivity contribution is 6.06. The summed E-state index contributed by atoms with van der Waals surface area (Å²) in [6.07, 6.45) is 4.90. The van der Waals surface area contributed by atoms with Crippen LogP contribution in [0.4, 0.5) is 5.69 Å². The van der Waals surface area contributed by atoms with Crippen LogP contribution in [0, 0.1) is 0 Å². The lowest BCUT2D eigenvalue weighted by Crippen LogP contribution is -2.36. The van der Waals surface area contributed by atoms with E-state index in [9.17, 15) is 9.59 Å². The number of carbonyl (C=O) groups excluding carboxylic acids is 2. The third-order valence-electron chi connectivity index (χ3n) is 4.95. The summed E-state index contributed by atoms with van der Waals surface area (Å²) < 4.78 is 6.80. The van der Waals surface area contributed by atoms with Crippen LogP contribution in [0.15, 0.2) is 48.7 Å². The molecule has 1 saturated heterocycles. The van der Waals surface area contributed by atoms with Crippen LogP contribution in [-0.2, 0) is 0 Å². The number of piperidine rings is 1. The maximum absolute atomic E-state index is 13.0. The predicted molar refractivity (Wildman–Crippen MR) is 106 cm³/mol. The number of methoxy groups -OCH3 is 1. The maximum Gasteiger partial charge on any atom is 0.292 e. The summed E-state index contributed by atoms with van der Waals surface area (Å²) >= 11 is 0. The van der Waals surface area contributed by atoms with Crippen LogP contribution in [0.5, 0.6) is 5.75 Å². The van der Waals surface area contributed by atoms with Gasteiger partial charge in [0.25, 0.3) is 11.8 Å². The number of hydrogen-bond acceptors (Lipinski definition) is 4. The quantitative estimate of drug-likeness (QED) is 0.756. The third kappa shape index (κ3) is 3.43. The zero-order valence-electron chi connectivity index (χ0n) is 15.7. The number of amides is 2. The van der Waals surface area contributed by atoms with Crippen LogP contribution in [0.25, 0.3) is 5.52 Å². The van der Waals surface area contributed by atoms with Crippen molar-refractivity contribution in [2.75, 3.05) is 25.5 Å². The number of fused-ring (bicyclic) bond motifs is 1. The number of benzene rings is 1. The van der Waals surface area contributed by atoms with E-state index in [1.807, 2.05) is 23.1 Å². The molecule has 0 atom stereocenters. The summed E-state index contributed by atoms with van der Waals surface area (Å²) in [5.41, 5.74) is 1.59. The first-order valence-corrected chi connectivity index (χ1v) is 9.39. The molecule has 1 fully saturated rings. The highest BCUT2D eigenvalue weighted by Crippen LogP contribution is 2.20. The Hall–Kier alpha value is -3.35. The number of ether oxygens (including phenoxy) is 1. The SMILES string of the molecule is COc1ccc(NC(=O)c2nc(C(=O)N3CCCCC3)c3ccccn23)cc1. The molecule has 7 heteroatoms. The molecule has 0 unspecified atom stereocenters. The summed E-state index contributed by atoms with van der Waals surface area (Å²) in [4.78, 5) is 32.1. The van der Waals surface area contributed by atoms with E-state index in [2.05, 4.69) is 10.3 Å². The summed E-state index contributed by atoms with van der Waals surface area (Å²) in [6, 6.07) is 12.5. The van der Waals surface area contributed by atoms with Crippen LogP contribution in [0.2, 0.25) is 0 Å². The number of imidazole rings is 1. The van der Waals surface area contributed by atoms with Crippen LogP contribution >= 0.6 is 0 Å². The fourth-order valence-electron chi connectivity index (χ4n) is 3.46. The summed E-state index contributed by atoms with van der Waals surface area (Å²) in [7, 11) is 1.59. The van der Waals surface area contributed by atoms with E-state index < -0.39 is 0 Å². The largest absolute Gasteiger partial charge is 0.497 e. The molecule has 1 aliphatic rings. The number of carbonyl (C=O) groups is 2. The lowest BCUT2D eigenvalue weighted by Gasteiger charge is -2.25. The smallest absolute Gasteiger partial charge is 0.292 e. The second-order valence-corrected chi connectivity index (χ2v) is 6.78. The van der Waals surface area contributed by atoms with Gasteiger partial charge >= 0.3 is 0 Å². The van der Waals surface area contributed by atoms with E-state index in [0.29, 0.717) is 22.6 Å². The van der Waals surface area contributed by atoms with Gasteiger partial charge in [0.1, 0.15) is 5.75 Å². The fraction of sp³-hybridized carbons (Fsp3) is 0.286. The standard InChI is InChI=1S/C21H22N4O3/c1-28-16-10-8-15(9-11-16)22-20(26)19-23-18(17-7-3-6-14-25(17)19)21(27)24-12-4-2-5-13-24/h3,6-11,14H,2,4-5,12-13H2,1H3,(H,22,26). The Labute approximate surface area is 162 Å². The number of nitrogens with zero attached hydrogens (tertiary/aromatic N) is 3. The first-order chi connectivity index (χ1) is 13.7. The van der Waals surface area contributed by atoms with Crippen molar-refractivity contribution in [2.24, 2.45) is 0 Å². The zero-order valence-corrected chi connectivity index (χ0v) is 15.7. The second-order valence-electron chi connectivity index (χ2n) is 6.78. The Balaban J connectivity index is 1.65. The molecule has 0 aliphatic carbocycles. The molecule has 2 amide bonds. The summed E-state index contributed by atoms with van der Waals surface area (Å²) in [5.74, 6) is 0.404. The highest BCUT2D eigenvalue weighted by atomic mass is 16.5. The molecule has 0 spiro atoms. The van der Waals surface area contributed by atoms with Crippen LogP contribution < -0.4 is 10.1 Å². The van der Waals surface area contributed by atoms with Crippen LogP contribution in [0.3, 0.4) is 0 Å². The first-order valence-electron chi connectivity index (χ1n) is 9.39. The summed E-state index contributed by atoms with van der Waals surface area (Å²) in [5, 5.41) is 2.83. The van der Waals surface area contributed by atoms with E-state index >= 15 is 0 Å². The monoisotopic (exact) mass is 378 g/mol. The second kappa shape index (κ2) is 7.72. The van der Waals surface area contributed by atoms with Gasteiger partial charge in [-0.15, -0.1) is 0 Å². The molecule has 28 heavy (non-hydrogen) atoms. The average Bonchev–Trinajstić information content (AvgIpc) is 3.14. The number of rotatable bonds is 4. The van der Waals surface area contributed by atoms with Gasteiger partial charge < -0.3 is 15.0 Å². The van der Waals surface area contributed by atoms with Crippen LogP contribution in [-0.4, -0.2) is 46.3 Å². The molecule has 4 rings (SSSR count). The van der Waals surface area contributed by atoms with Gasteiger partial charge in [-0.05, 0) is 55.7 Å². The third-order valence-corrected chi connectivity index (χ3v) is 4.95. The van der Waals surface area contributed by atoms with E-state index in [1.165, 1.54) is 0 Å². The number of pyridine rings is 1. The molecule has 2 aromatic heterocycles. The fourth-order valence-corrected chi connectivity index (χ4v) is 3.46. The Morgan fingerprint density at radius 3 is 2.50 bits per heavy atom. The van der Waals surface area contributed by atoms with Crippen molar-refractivity contribution in [1.82, 2.24) is 14.3 Å². The molecule has 144 valence electrons. The number of likely N-dealkylation sites (tertiary alicyclic amines) is 1. The molecular weight excluding hydrogens is 356 g/mol. The molecule has 0 saturated carbocycles. The Bertz CT molecular complexity index is 1000. The van der Waals surface area contributed by atoms with Gasteiger partial charge in [0.15, 0.2) is 5.69 Å². The average molecular weight is 378 g/mol. The Kier molecular flexibility index (Phi) is 4.97. The predicted octanol–water partition coefficient (Wildman–Crippen LogP) is 3.22. The van der Waals surface area contributed by atoms with E-state index in [-0.39, 0.29) is 17.6 Å². The van der Waals surface area contributed by atoms with Gasteiger partial charge in [-0.2, -0.15) is 0 Å². The first kappa shape index (κ1) is 18.0. The lowest BCUT2D eigenvalue weighted by atomic mass is 10.1. The van der Waals surface area contributed by atoms with E-state index in [0.717, 1.165) is 32.4 Å². The number of hydrogen-bond donors (Lipinski definition) is 1. The molecule has 1 aliphatic heterocycles. The molecule has 0 bridgehead atoms. The van der Waals surface area contributed by atoms with Crippen molar-refractivity contribution in [2.45, 2.75) is 19.3 Å². The molecule has 0 radical (unpaired) electrons. The van der Waals surface area contributed by atoms with Crippen molar-refractivity contribution in [3.05, 3.63) is 60.2 Å². The summed E-state index contributed by atoms with van der Waals surface area (Å²) in [6.45, 7) is 1.47. The van der Waals surface area contributed by atoms with Crippen molar-refractivity contribution < 1.29 is 14.3 Å². The van der Waals surface area contributed by atoms with Gasteiger partial charge in [0.2, 0.25) is 5.82 Å². The minimum Gasteiger partial charge on any atom is -0.497 e. The number of nitrogens with one attached hydrogen (secondary N) is 1. The van der Waals surface area contributed by atoms with E-state index in [1.54, 1.807) is 42.0 Å². The van der Waals surface area contributed by atoms with Crippen molar-refractivity contribution in [3.8, 4) is 5.75 Å². The van der Waals surface area contributed by atoms with Gasteiger partial charge in [-0.1, -0.05) is 6.07 Å². The van der Waals surface area contributed by atoms with E-state index in [4.69, 9.17) is 4.74 Å². The molecule has 7 nitrogen and oxygen atoms in total. The molecular formula is C21H22N4O3. The lowest BCUT2D eigenvalue weighted by molar-refractivity contribution is 0.0721. The van der Waals surface area contributed by atoms with Crippen molar-refractivity contribution >= 4 is 23.0 Å². The number of aromatic nitrogens is 2. The van der Waals surface area contributed by atoms with Crippen molar-refractivity contribution in [1.29, 1.82) is 0 Å². The molecule has 1 N–H and O–H groups in total. The number of anilines is 1. The van der Waals surface area contributed by atoms with Gasteiger partial charge in [-0.3, -0.25) is 14.0 Å². The van der Waals surface area contributed by atoms with Gasteiger partial charge in [-0.25, -0.2) is 4.98 Å².